The summed E-state index contributed by atoms with van der Waals surface area (Å²) in [5, 5.41) is 2.88. The van der Waals surface area contributed by atoms with E-state index in [9.17, 15) is 4.79 Å². The normalized spacial score (nSPS) is 9.47. The first-order chi connectivity index (χ1) is 7.04. The fourth-order valence-corrected chi connectivity index (χ4v) is 1.27. The zero-order chi connectivity index (χ0) is 11.4. The average molecular weight is 224 g/mol. The highest BCUT2D eigenvalue weighted by atomic mass is 32.1. The Balaban J connectivity index is 3.12. The lowest BCUT2D eigenvalue weighted by atomic mass is 10.1. The molecule has 1 rings (SSSR count). The number of thiocarbonyl (C=S) groups is 1. The van der Waals surface area contributed by atoms with E-state index in [1.807, 2.05) is 0 Å². The number of carbonyl (C=O) groups excluding carboxylic acids is 1. The maximum absolute atomic E-state index is 11.2. The Bertz CT molecular complexity index is 404. The van der Waals surface area contributed by atoms with Crippen LogP contribution in [0, 0.1) is 0 Å². The van der Waals surface area contributed by atoms with Crippen LogP contribution in [0.5, 0.6) is 5.75 Å². The van der Waals surface area contributed by atoms with Gasteiger partial charge in [-0.25, -0.2) is 0 Å². The maximum Gasteiger partial charge on any atom is 0.168 e. The van der Waals surface area contributed by atoms with Crippen LogP contribution in [0.4, 0.5) is 5.69 Å². The first-order valence-corrected chi connectivity index (χ1v) is 4.71. The lowest BCUT2D eigenvalue weighted by Gasteiger charge is -2.10. The minimum absolute atomic E-state index is 0.0244. The lowest BCUT2D eigenvalue weighted by molar-refractivity contribution is 0.101. The molecule has 0 fully saturated rings. The number of ketones is 1. The third-order valence-corrected chi connectivity index (χ3v) is 1.97. The number of methoxy groups -OCH3 is 1. The predicted molar refractivity (Wildman–Crippen MR) is 63.4 cm³/mol. The van der Waals surface area contributed by atoms with Crippen molar-refractivity contribution in [2.45, 2.75) is 6.92 Å². The van der Waals surface area contributed by atoms with Crippen molar-refractivity contribution in [3.05, 3.63) is 23.8 Å². The number of anilines is 1. The number of Topliss-reactive ketones (excluding diaryl/α,β-unsaturated/α-hetero) is 1. The van der Waals surface area contributed by atoms with E-state index in [-0.39, 0.29) is 10.9 Å². The first kappa shape index (κ1) is 11.5. The van der Waals surface area contributed by atoms with Crippen molar-refractivity contribution in [3.8, 4) is 5.75 Å². The van der Waals surface area contributed by atoms with E-state index in [0.717, 1.165) is 0 Å². The van der Waals surface area contributed by atoms with Crippen LogP contribution in [0.1, 0.15) is 17.3 Å². The number of nitrogens with two attached hydrogens (primary N) is 1. The summed E-state index contributed by atoms with van der Waals surface area (Å²) in [7, 11) is 1.54. The van der Waals surface area contributed by atoms with E-state index >= 15 is 0 Å². The van der Waals surface area contributed by atoms with Crippen LogP contribution in [0.15, 0.2) is 18.2 Å². The van der Waals surface area contributed by atoms with Gasteiger partial charge in [0.2, 0.25) is 0 Å². The molecular formula is C10H12N2O2S. The third kappa shape index (κ3) is 2.92. The first-order valence-electron chi connectivity index (χ1n) is 4.30. The second-order valence-corrected chi connectivity index (χ2v) is 3.40. The molecule has 0 aliphatic heterocycles. The number of benzene rings is 1. The van der Waals surface area contributed by atoms with Crippen molar-refractivity contribution in [2.75, 3.05) is 12.4 Å². The number of ether oxygens (including phenoxy) is 1. The zero-order valence-corrected chi connectivity index (χ0v) is 9.35. The minimum atomic E-state index is -0.0244. The molecule has 0 saturated heterocycles. The van der Waals surface area contributed by atoms with Crippen LogP contribution in [0.3, 0.4) is 0 Å². The molecule has 5 heteroatoms. The van der Waals surface area contributed by atoms with Crippen LogP contribution in [-0.4, -0.2) is 18.0 Å². The summed E-state index contributed by atoms with van der Waals surface area (Å²) in [6.07, 6.45) is 0. The van der Waals surface area contributed by atoms with Gasteiger partial charge >= 0.3 is 0 Å². The van der Waals surface area contributed by atoms with Crippen molar-refractivity contribution in [1.82, 2.24) is 0 Å². The molecule has 1 aromatic carbocycles. The van der Waals surface area contributed by atoms with Gasteiger partial charge in [-0.3, -0.25) is 4.79 Å². The molecule has 3 N–H and O–H groups in total. The molecule has 0 spiro atoms. The largest absolute Gasteiger partial charge is 0.495 e. The molecule has 0 heterocycles. The summed E-state index contributed by atoms with van der Waals surface area (Å²) < 4.78 is 5.09. The fourth-order valence-electron chi connectivity index (χ4n) is 1.16. The van der Waals surface area contributed by atoms with Crippen molar-refractivity contribution in [2.24, 2.45) is 5.73 Å². The zero-order valence-electron chi connectivity index (χ0n) is 8.53. The minimum Gasteiger partial charge on any atom is -0.495 e. The smallest absolute Gasteiger partial charge is 0.168 e. The number of hydrogen-bond donors (Lipinski definition) is 2. The van der Waals surface area contributed by atoms with Gasteiger partial charge < -0.3 is 15.8 Å². The van der Waals surface area contributed by atoms with Gasteiger partial charge in [-0.15, -0.1) is 0 Å². The van der Waals surface area contributed by atoms with Crippen LogP contribution >= 0.6 is 12.2 Å². The molecule has 0 atom stereocenters. The van der Waals surface area contributed by atoms with Gasteiger partial charge in [0, 0.05) is 5.56 Å². The topological polar surface area (TPSA) is 64.3 Å². The number of carbonyl (C=O) groups is 1. The molecule has 0 unspecified atom stereocenters. The van der Waals surface area contributed by atoms with E-state index in [1.165, 1.54) is 14.0 Å². The Morgan fingerprint density at radius 1 is 1.53 bits per heavy atom. The van der Waals surface area contributed by atoms with Gasteiger partial charge in [-0.1, -0.05) is 0 Å². The Labute approximate surface area is 93.4 Å². The van der Waals surface area contributed by atoms with Crippen LogP contribution in [0.2, 0.25) is 0 Å². The highest BCUT2D eigenvalue weighted by molar-refractivity contribution is 7.80. The summed E-state index contributed by atoms with van der Waals surface area (Å²) in [5.41, 5.74) is 6.53. The van der Waals surface area contributed by atoms with Crippen LogP contribution in [0.25, 0.3) is 0 Å². The van der Waals surface area contributed by atoms with Gasteiger partial charge in [0.05, 0.1) is 12.8 Å². The van der Waals surface area contributed by atoms with E-state index < -0.39 is 0 Å². The third-order valence-electron chi connectivity index (χ3n) is 1.86. The van der Waals surface area contributed by atoms with E-state index in [2.05, 4.69) is 5.32 Å². The lowest BCUT2D eigenvalue weighted by Crippen LogP contribution is -2.19. The molecule has 0 bridgehead atoms. The van der Waals surface area contributed by atoms with Gasteiger partial charge in [-0.2, -0.15) is 0 Å². The van der Waals surface area contributed by atoms with Gasteiger partial charge in [-0.05, 0) is 37.3 Å². The molecule has 0 aliphatic rings. The quantitative estimate of drug-likeness (QED) is 0.602. The summed E-state index contributed by atoms with van der Waals surface area (Å²) in [4.78, 5) is 11.2. The summed E-state index contributed by atoms with van der Waals surface area (Å²) in [6.45, 7) is 1.49. The van der Waals surface area contributed by atoms with E-state index in [1.54, 1.807) is 18.2 Å². The van der Waals surface area contributed by atoms with E-state index in [4.69, 9.17) is 22.7 Å². The molecule has 0 aliphatic carbocycles. The highest BCUT2D eigenvalue weighted by Crippen LogP contribution is 2.25. The van der Waals surface area contributed by atoms with Gasteiger partial charge in [0.1, 0.15) is 5.75 Å². The highest BCUT2D eigenvalue weighted by Gasteiger charge is 2.07. The Hall–Kier alpha value is -1.62. The Morgan fingerprint density at radius 2 is 2.20 bits per heavy atom. The molecular weight excluding hydrogens is 212 g/mol. The van der Waals surface area contributed by atoms with Crippen LogP contribution in [-0.2, 0) is 0 Å². The van der Waals surface area contributed by atoms with Crippen molar-refractivity contribution >= 4 is 28.8 Å². The fraction of sp³-hybridized carbons (Fsp3) is 0.200. The maximum atomic E-state index is 11.2. The molecule has 0 radical (unpaired) electrons. The van der Waals surface area contributed by atoms with Gasteiger partial charge in [0.15, 0.2) is 10.9 Å². The van der Waals surface area contributed by atoms with Crippen molar-refractivity contribution < 1.29 is 9.53 Å². The van der Waals surface area contributed by atoms with Crippen molar-refractivity contribution in [3.63, 3.8) is 0 Å². The Kier molecular flexibility index (Phi) is 3.62. The van der Waals surface area contributed by atoms with Gasteiger partial charge in [0.25, 0.3) is 0 Å². The molecule has 15 heavy (non-hydrogen) atoms. The molecule has 1 aromatic rings. The summed E-state index contributed by atoms with van der Waals surface area (Å²) in [6, 6.07) is 5.03. The SMILES string of the molecule is COc1ccc(C(C)=O)cc1NC(N)=S. The molecule has 0 saturated carbocycles. The average Bonchev–Trinajstić information content (AvgIpc) is 2.16. The predicted octanol–water partition coefficient (Wildman–Crippen LogP) is 1.55. The number of rotatable bonds is 3. The van der Waals surface area contributed by atoms with E-state index in [0.29, 0.717) is 17.0 Å². The second-order valence-electron chi connectivity index (χ2n) is 2.96. The number of hydrogen-bond acceptors (Lipinski definition) is 3. The molecule has 0 aromatic heterocycles. The molecule has 80 valence electrons. The standard InChI is InChI=1S/C10H12N2O2S/c1-6(13)7-3-4-9(14-2)8(5-7)12-10(11)15/h3-5H,1-2H3,(H3,11,12,15). The van der Waals surface area contributed by atoms with Crippen LogP contribution < -0.4 is 15.8 Å². The second kappa shape index (κ2) is 4.75. The summed E-state index contributed by atoms with van der Waals surface area (Å²) in [5.74, 6) is 0.566. The Morgan fingerprint density at radius 3 is 2.67 bits per heavy atom. The molecule has 4 nitrogen and oxygen atoms in total. The van der Waals surface area contributed by atoms with Crippen molar-refractivity contribution in [1.29, 1.82) is 0 Å². The summed E-state index contributed by atoms with van der Waals surface area (Å²) >= 11 is 4.72. The molecule has 0 amide bonds. The monoisotopic (exact) mass is 224 g/mol. The number of nitrogens with one attached hydrogen (secondary N) is 1.